The predicted molar refractivity (Wildman–Crippen MR) is 127 cm³/mol. The molecule has 2 heterocycles. The Kier molecular flexibility index (Phi) is 6.97. The third kappa shape index (κ3) is 5.19. The van der Waals surface area contributed by atoms with Crippen molar-refractivity contribution in [2.45, 2.75) is 6.10 Å². The van der Waals surface area contributed by atoms with Crippen LogP contribution in [0.2, 0.25) is 0 Å². The molecule has 4 aromatic rings. The summed E-state index contributed by atoms with van der Waals surface area (Å²) in [7, 11) is 4.77. The van der Waals surface area contributed by atoms with E-state index in [4.69, 9.17) is 19.2 Å². The maximum atomic E-state index is 10.5. The first-order valence-electron chi connectivity index (χ1n) is 10.5. The van der Waals surface area contributed by atoms with Gasteiger partial charge in [0.15, 0.2) is 0 Å². The molecule has 0 aliphatic rings. The number of methoxy groups -OCH3 is 3. The lowest BCUT2D eigenvalue weighted by Crippen LogP contribution is -2.31. The summed E-state index contributed by atoms with van der Waals surface area (Å²) in [5.41, 5.74) is 4.77. The third-order valence-electron chi connectivity index (χ3n) is 5.20. The van der Waals surface area contributed by atoms with E-state index in [1.807, 2.05) is 47.4 Å². The van der Waals surface area contributed by atoms with E-state index in [1.54, 1.807) is 46.0 Å². The zero-order valence-corrected chi connectivity index (χ0v) is 18.8. The minimum Gasteiger partial charge on any atom is -0.497 e. The first-order chi connectivity index (χ1) is 16.1. The zero-order chi connectivity index (χ0) is 23.2. The van der Waals surface area contributed by atoms with Crippen LogP contribution in [0.4, 0.5) is 11.4 Å². The standard InChI is InChI=1S/C25H26N4O4/c1-31-16-20(30)15-29(19-9-21(32-2)12-22(10-19)33-3)18-6-7-23-24(11-18)28-25(14-27-23)17-5-4-8-26-13-17/h4-14,20,30H,15-16H2,1-3H3. The van der Waals surface area contributed by atoms with Crippen molar-refractivity contribution in [2.75, 3.05) is 39.4 Å². The molecule has 0 fully saturated rings. The van der Waals surface area contributed by atoms with Crippen molar-refractivity contribution >= 4 is 22.4 Å². The topological polar surface area (TPSA) is 89.8 Å². The molecule has 4 rings (SSSR count). The molecule has 1 unspecified atom stereocenters. The van der Waals surface area contributed by atoms with Crippen molar-refractivity contribution in [3.8, 4) is 22.8 Å². The first kappa shape index (κ1) is 22.4. The van der Waals surface area contributed by atoms with Crippen LogP contribution in [0.15, 0.2) is 67.1 Å². The van der Waals surface area contributed by atoms with E-state index in [0.29, 0.717) is 18.0 Å². The molecule has 8 nitrogen and oxygen atoms in total. The quantitative estimate of drug-likeness (QED) is 0.415. The number of aromatic nitrogens is 3. The number of benzene rings is 2. The molecule has 33 heavy (non-hydrogen) atoms. The van der Waals surface area contributed by atoms with Crippen molar-refractivity contribution in [3.05, 3.63) is 67.1 Å². The highest BCUT2D eigenvalue weighted by Crippen LogP contribution is 2.34. The summed E-state index contributed by atoms with van der Waals surface area (Å²) in [5.74, 6) is 1.30. The summed E-state index contributed by atoms with van der Waals surface area (Å²) < 4.78 is 16.0. The van der Waals surface area contributed by atoms with Crippen LogP contribution in [0.3, 0.4) is 0 Å². The Hall–Kier alpha value is -3.75. The van der Waals surface area contributed by atoms with E-state index < -0.39 is 6.10 Å². The Balaban J connectivity index is 1.79. The monoisotopic (exact) mass is 446 g/mol. The van der Waals surface area contributed by atoms with E-state index in [2.05, 4.69) is 9.97 Å². The lowest BCUT2D eigenvalue weighted by atomic mass is 10.1. The van der Waals surface area contributed by atoms with Crippen LogP contribution in [0.25, 0.3) is 22.3 Å². The van der Waals surface area contributed by atoms with Crippen LogP contribution in [-0.4, -0.2) is 60.6 Å². The normalized spacial score (nSPS) is 11.9. The summed E-state index contributed by atoms with van der Waals surface area (Å²) in [5, 5.41) is 10.5. The Morgan fingerprint density at radius 2 is 1.70 bits per heavy atom. The van der Waals surface area contributed by atoms with Gasteiger partial charge in [-0.3, -0.25) is 9.97 Å². The molecular formula is C25H26N4O4. The fourth-order valence-electron chi connectivity index (χ4n) is 3.59. The van der Waals surface area contributed by atoms with Crippen LogP contribution < -0.4 is 14.4 Å². The second-order valence-corrected chi connectivity index (χ2v) is 7.46. The predicted octanol–water partition coefficient (Wildman–Crippen LogP) is 3.85. The fourth-order valence-corrected chi connectivity index (χ4v) is 3.59. The number of pyridine rings is 1. The van der Waals surface area contributed by atoms with Gasteiger partial charge in [0.1, 0.15) is 11.5 Å². The number of nitrogens with zero attached hydrogens (tertiary/aromatic N) is 4. The third-order valence-corrected chi connectivity index (χ3v) is 5.20. The summed E-state index contributed by atoms with van der Waals surface area (Å²) in [6.07, 6.45) is 4.51. The van der Waals surface area contributed by atoms with Crippen molar-refractivity contribution in [1.82, 2.24) is 15.0 Å². The highest BCUT2D eigenvalue weighted by Gasteiger charge is 2.18. The van der Waals surface area contributed by atoms with Crippen LogP contribution in [0.1, 0.15) is 0 Å². The average molecular weight is 447 g/mol. The van der Waals surface area contributed by atoms with Gasteiger partial charge in [-0.25, -0.2) is 4.98 Å². The van der Waals surface area contributed by atoms with E-state index in [1.165, 1.54) is 0 Å². The van der Waals surface area contributed by atoms with Gasteiger partial charge in [-0.05, 0) is 30.3 Å². The molecule has 2 aromatic carbocycles. The number of fused-ring (bicyclic) bond motifs is 1. The van der Waals surface area contributed by atoms with Crippen molar-refractivity contribution < 1.29 is 19.3 Å². The van der Waals surface area contributed by atoms with E-state index in [9.17, 15) is 5.11 Å². The number of hydrogen-bond acceptors (Lipinski definition) is 8. The van der Waals surface area contributed by atoms with Gasteiger partial charge in [0.2, 0.25) is 0 Å². The van der Waals surface area contributed by atoms with Gasteiger partial charge in [0.25, 0.3) is 0 Å². The molecule has 2 aromatic heterocycles. The Morgan fingerprint density at radius 3 is 2.36 bits per heavy atom. The summed E-state index contributed by atoms with van der Waals surface area (Å²) in [4.78, 5) is 15.5. The first-order valence-corrected chi connectivity index (χ1v) is 10.5. The number of hydrogen-bond donors (Lipinski definition) is 1. The van der Waals surface area contributed by atoms with Gasteiger partial charge >= 0.3 is 0 Å². The average Bonchev–Trinajstić information content (AvgIpc) is 2.87. The van der Waals surface area contributed by atoms with Crippen molar-refractivity contribution in [2.24, 2.45) is 0 Å². The van der Waals surface area contributed by atoms with Gasteiger partial charge in [-0.2, -0.15) is 0 Å². The van der Waals surface area contributed by atoms with Crippen LogP contribution in [0.5, 0.6) is 11.5 Å². The highest BCUT2D eigenvalue weighted by atomic mass is 16.5. The van der Waals surface area contributed by atoms with Crippen LogP contribution in [-0.2, 0) is 4.74 Å². The molecule has 0 bridgehead atoms. The van der Waals surface area contributed by atoms with Crippen molar-refractivity contribution in [3.63, 3.8) is 0 Å². The SMILES string of the molecule is COCC(O)CN(c1cc(OC)cc(OC)c1)c1ccc2ncc(-c3cccnc3)nc2c1. The minimum absolute atomic E-state index is 0.205. The fraction of sp³-hybridized carbons (Fsp3) is 0.240. The largest absolute Gasteiger partial charge is 0.497 e. The van der Waals surface area contributed by atoms with Gasteiger partial charge < -0.3 is 24.2 Å². The van der Waals surface area contributed by atoms with E-state index >= 15 is 0 Å². The zero-order valence-electron chi connectivity index (χ0n) is 18.8. The molecule has 170 valence electrons. The maximum absolute atomic E-state index is 10.5. The molecule has 0 saturated carbocycles. The van der Waals surface area contributed by atoms with Gasteiger partial charge in [0, 0.05) is 54.6 Å². The molecule has 0 amide bonds. The van der Waals surface area contributed by atoms with Crippen LogP contribution in [0, 0.1) is 0 Å². The summed E-state index contributed by atoms with van der Waals surface area (Å²) >= 11 is 0. The van der Waals surface area contributed by atoms with Crippen LogP contribution >= 0.6 is 0 Å². The summed E-state index contributed by atoms with van der Waals surface area (Å²) in [6.45, 7) is 0.502. The molecule has 8 heteroatoms. The minimum atomic E-state index is -0.712. The number of ether oxygens (including phenoxy) is 3. The molecule has 1 N–H and O–H groups in total. The van der Waals surface area contributed by atoms with Crippen molar-refractivity contribution in [1.29, 1.82) is 0 Å². The van der Waals surface area contributed by atoms with E-state index in [0.717, 1.165) is 33.7 Å². The lowest BCUT2D eigenvalue weighted by Gasteiger charge is -2.28. The highest BCUT2D eigenvalue weighted by molar-refractivity contribution is 5.82. The molecular weight excluding hydrogens is 420 g/mol. The molecule has 0 saturated heterocycles. The lowest BCUT2D eigenvalue weighted by molar-refractivity contribution is 0.0702. The second-order valence-electron chi connectivity index (χ2n) is 7.46. The summed E-state index contributed by atoms with van der Waals surface area (Å²) in [6, 6.07) is 15.2. The molecule has 0 aliphatic heterocycles. The number of aliphatic hydroxyl groups excluding tert-OH is 1. The Labute approximate surface area is 192 Å². The molecule has 1 atom stereocenters. The Morgan fingerprint density at radius 1 is 0.909 bits per heavy atom. The molecule has 0 spiro atoms. The number of rotatable bonds is 9. The maximum Gasteiger partial charge on any atom is 0.124 e. The number of anilines is 2. The Bertz CT molecular complexity index is 1200. The molecule has 0 radical (unpaired) electrons. The van der Waals surface area contributed by atoms with Gasteiger partial charge in [0.05, 0.1) is 56.4 Å². The second kappa shape index (κ2) is 10.2. The van der Waals surface area contributed by atoms with E-state index in [-0.39, 0.29) is 6.61 Å². The molecule has 0 aliphatic carbocycles. The number of aliphatic hydroxyl groups is 1. The van der Waals surface area contributed by atoms with Gasteiger partial charge in [-0.1, -0.05) is 0 Å². The van der Waals surface area contributed by atoms with Gasteiger partial charge in [-0.15, -0.1) is 0 Å². The smallest absolute Gasteiger partial charge is 0.124 e.